The number of carbonyl (C=O) groups excluding carboxylic acids is 1. The second-order valence-corrected chi connectivity index (χ2v) is 8.15. The van der Waals surface area contributed by atoms with Crippen molar-refractivity contribution in [1.82, 2.24) is 19.8 Å². The monoisotopic (exact) mass is 393 g/mol. The number of amides is 1. The van der Waals surface area contributed by atoms with Crippen LogP contribution in [0.1, 0.15) is 48.3 Å². The molecule has 29 heavy (non-hydrogen) atoms. The predicted octanol–water partition coefficient (Wildman–Crippen LogP) is 2.85. The molecule has 1 N–H and O–H groups in total. The fourth-order valence-corrected chi connectivity index (χ4v) is 4.45. The molecule has 6 nitrogen and oxygen atoms in total. The number of hydrogen-bond donors (Lipinski definition) is 1. The molecule has 154 valence electrons. The van der Waals surface area contributed by atoms with Crippen LogP contribution >= 0.6 is 0 Å². The van der Waals surface area contributed by atoms with E-state index in [0.29, 0.717) is 12.5 Å². The minimum absolute atomic E-state index is 0.119. The molecular formula is C23H31N5O. The molecule has 2 aliphatic rings. The summed E-state index contributed by atoms with van der Waals surface area (Å²) in [6.45, 7) is 6.28. The van der Waals surface area contributed by atoms with Crippen LogP contribution in [0.5, 0.6) is 0 Å². The Kier molecular flexibility index (Phi) is 6.09. The quantitative estimate of drug-likeness (QED) is 0.846. The first-order valence-electron chi connectivity index (χ1n) is 10.7. The SMILES string of the molecule is CNc1nc(C2CCN(CCc3ccccc3)CC2)nc2c1CCN(C(C)=O)C2. The number of piperidine rings is 1. The van der Waals surface area contributed by atoms with Gasteiger partial charge in [0.05, 0.1) is 12.2 Å². The Labute approximate surface area is 173 Å². The minimum Gasteiger partial charge on any atom is -0.373 e. The molecule has 1 fully saturated rings. The molecule has 2 aliphatic heterocycles. The van der Waals surface area contributed by atoms with E-state index in [1.807, 2.05) is 11.9 Å². The van der Waals surface area contributed by atoms with Gasteiger partial charge in [0.1, 0.15) is 11.6 Å². The maximum absolute atomic E-state index is 11.8. The fraction of sp³-hybridized carbons (Fsp3) is 0.522. The maximum Gasteiger partial charge on any atom is 0.219 e. The first kappa shape index (κ1) is 19.8. The number of carbonyl (C=O) groups is 1. The van der Waals surface area contributed by atoms with Crippen LogP contribution < -0.4 is 5.32 Å². The zero-order chi connectivity index (χ0) is 20.2. The normalized spacial score (nSPS) is 17.8. The Morgan fingerprint density at radius 2 is 1.90 bits per heavy atom. The van der Waals surface area contributed by atoms with Gasteiger partial charge < -0.3 is 15.1 Å². The van der Waals surface area contributed by atoms with E-state index < -0.39 is 0 Å². The third kappa shape index (κ3) is 4.58. The number of hydrogen-bond acceptors (Lipinski definition) is 5. The zero-order valence-electron chi connectivity index (χ0n) is 17.5. The van der Waals surface area contributed by atoms with E-state index in [1.165, 1.54) is 11.1 Å². The Morgan fingerprint density at radius 3 is 2.59 bits per heavy atom. The summed E-state index contributed by atoms with van der Waals surface area (Å²) in [5.41, 5.74) is 3.60. The van der Waals surface area contributed by atoms with Crippen LogP contribution in [-0.4, -0.2) is 58.9 Å². The van der Waals surface area contributed by atoms with E-state index in [1.54, 1.807) is 6.92 Å². The lowest BCUT2D eigenvalue weighted by molar-refractivity contribution is -0.129. The summed E-state index contributed by atoms with van der Waals surface area (Å²) in [5, 5.41) is 3.26. The van der Waals surface area contributed by atoms with Crippen molar-refractivity contribution in [2.24, 2.45) is 0 Å². The molecule has 4 rings (SSSR count). The molecule has 1 aromatic heterocycles. The average Bonchev–Trinajstić information content (AvgIpc) is 2.77. The van der Waals surface area contributed by atoms with Crippen LogP contribution in [0.2, 0.25) is 0 Å². The molecule has 0 radical (unpaired) electrons. The summed E-state index contributed by atoms with van der Waals surface area (Å²) in [7, 11) is 1.93. The molecule has 2 aromatic rings. The molecule has 1 saturated heterocycles. The number of rotatable bonds is 5. The molecule has 3 heterocycles. The summed E-state index contributed by atoms with van der Waals surface area (Å²) >= 11 is 0. The molecule has 6 heteroatoms. The number of anilines is 1. The highest BCUT2D eigenvalue weighted by Gasteiger charge is 2.27. The summed E-state index contributed by atoms with van der Waals surface area (Å²) in [6, 6.07) is 10.7. The molecule has 0 unspecified atom stereocenters. The van der Waals surface area contributed by atoms with Crippen molar-refractivity contribution in [3.63, 3.8) is 0 Å². The molecule has 0 spiro atoms. The van der Waals surface area contributed by atoms with Gasteiger partial charge in [-0.25, -0.2) is 9.97 Å². The van der Waals surface area contributed by atoms with Gasteiger partial charge >= 0.3 is 0 Å². The highest BCUT2D eigenvalue weighted by atomic mass is 16.2. The summed E-state index contributed by atoms with van der Waals surface area (Å²) in [4.78, 5) is 26.1. The van der Waals surface area contributed by atoms with Crippen molar-refractivity contribution in [3.8, 4) is 0 Å². The van der Waals surface area contributed by atoms with Gasteiger partial charge in [0.25, 0.3) is 0 Å². The van der Waals surface area contributed by atoms with Gasteiger partial charge in [0.2, 0.25) is 5.91 Å². The fourth-order valence-electron chi connectivity index (χ4n) is 4.45. The Hall–Kier alpha value is -2.47. The van der Waals surface area contributed by atoms with Crippen LogP contribution in [0.15, 0.2) is 30.3 Å². The van der Waals surface area contributed by atoms with Crippen molar-refractivity contribution < 1.29 is 4.79 Å². The molecule has 1 amide bonds. The van der Waals surface area contributed by atoms with Crippen LogP contribution in [0.4, 0.5) is 5.82 Å². The topological polar surface area (TPSA) is 61.4 Å². The third-order valence-corrected chi connectivity index (χ3v) is 6.28. The third-order valence-electron chi connectivity index (χ3n) is 6.28. The Bertz CT molecular complexity index is 846. The smallest absolute Gasteiger partial charge is 0.219 e. The van der Waals surface area contributed by atoms with Gasteiger partial charge in [-0.1, -0.05) is 30.3 Å². The van der Waals surface area contributed by atoms with Crippen molar-refractivity contribution in [2.45, 2.75) is 45.1 Å². The molecule has 0 aliphatic carbocycles. The number of aromatic nitrogens is 2. The first-order chi connectivity index (χ1) is 14.1. The summed E-state index contributed by atoms with van der Waals surface area (Å²) < 4.78 is 0. The van der Waals surface area contributed by atoms with Crippen molar-refractivity contribution in [1.29, 1.82) is 0 Å². The standard InChI is InChI=1S/C23H31N5O/c1-17(29)28-15-11-20-21(16-28)25-22(26-23(20)24-2)19-9-13-27(14-10-19)12-8-18-6-4-3-5-7-18/h3-7,19H,8-16H2,1-2H3,(H,24,25,26). The predicted molar refractivity (Wildman–Crippen MR) is 115 cm³/mol. The van der Waals surface area contributed by atoms with Crippen molar-refractivity contribution in [3.05, 3.63) is 53.0 Å². The van der Waals surface area contributed by atoms with Gasteiger partial charge in [0, 0.05) is 38.5 Å². The second-order valence-electron chi connectivity index (χ2n) is 8.15. The van der Waals surface area contributed by atoms with E-state index in [9.17, 15) is 4.79 Å². The van der Waals surface area contributed by atoms with Gasteiger partial charge in [-0.15, -0.1) is 0 Å². The average molecular weight is 394 g/mol. The lowest BCUT2D eigenvalue weighted by Gasteiger charge is -2.33. The van der Waals surface area contributed by atoms with Crippen LogP contribution in [0.3, 0.4) is 0 Å². The van der Waals surface area contributed by atoms with E-state index in [0.717, 1.165) is 69.2 Å². The summed E-state index contributed by atoms with van der Waals surface area (Å²) in [5.74, 6) is 2.41. The van der Waals surface area contributed by atoms with E-state index >= 15 is 0 Å². The van der Waals surface area contributed by atoms with Gasteiger partial charge in [-0.2, -0.15) is 0 Å². The van der Waals surface area contributed by atoms with Gasteiger partial charge in [-0.05, 0) is 44.3 Å². The molecule has 0 bridgehead atoms. The molecular weight excluding hydrogens is 362 g/mol. The molecule has 0 saturated carbocycles. The Morgan fingerprint density at radius 1 is 1.14 bits per heavy atom. The number of likely N-dealkylation sites (tertiary alicyclic amines) is 1. The number of nitrogens with zero attached hydrogens (tertiary/aromatic N) is 4. The van der Waals surface area contributed by atoms with Gasteiger partial charge in [0.15, 0.2) is 0 Å². The molecule has 0 atom stereocenters. The van der Waals surface area contributed by atoms with Crippen molar-refractivity contribution >= 4 is 11.7 Å². The van der Waals surface area contributed by atoms with E-state index in [2.05, 4.69) is 40.5 Å². The zero-order valence-corrected chi connectivity index (χ0v) is 17.5. The number of fused-ring (bicyclic) bond motifs is 1. The highest BCUT2D eigenvalue weighted by molar-refractivity contribution is 5.73. The lowest BCUT2D eigenvalue weighted by Crippen LogP contribution is -2.37. The van der Waals surface area contributed by atoms with E-state index in [4.69, 9.17) is 9.97 Å². The van der Waals surface area contributed by atoms with Gasteiger partial charge in [-0.3, -0.25) is 4.79 Å². The first-order valence-corrected chi connectivity index (χ1v) is 10.7. The van der Waals surface area contributed by atoms with Crippen molar-refractivity contribution in [2.75, 3.05) is 38.5 Å². The highest BCUT2D eigenvalue weighted by Crippen LogP contribution is 2.30. The summed E-state index contributed by atoms with van der Waals surface area (Å²) in [6.07, 6.45) is 4.11. The maximum atomic E-state index is 11.8. The number of benzene rings is 1. The lowest BCUT2D eigenvalue weighted by atomic mass is 9.94. The Balaban J connectivity index is 1.40. The molecule has 1 aromatic carbocycles. The van der Waals surface area contributed by atoms with E-state index in [-0.39, 0.29) is 5.91 Å². The van der Waals surface area contributed by atoms with Crippen LogP contribution in [0, 0.1) is 0 Å². The number of nitrogens with one attached hydrogen (secondary N) is 1. The second kappa shape index (κ2) is 8.91. The van der Waals surface area contributed by atoms with Crippen LogP contribution in [-0.2, 0) is 24.2 Å². The van der Waals surface area contributed by atoms with Crippen LogP contribution in [0.25, 0.3) is 0 Å². The largest absolute Gasteiger partial charge is 0.373 e. The minimum atomic E-state index is 0.119.